The number of thiazole rings is 1. The van der Waals surface area contributed by atoms with E-state index in [0.29, 0.717) is 12.2 Å². The summed E-state index contributed by atoms with van der Waals surface area (Å²) in [6.07, 6.45) is 2.49. The summed E-state index contributed by atoms with van der Waals surface area (Å²) in [4.78, 5) is 28.0. The number of carbonyl (C=O) groups excluding carboxylic acids is 1. The van der Waals surface area contributed by atoms with Crippen molar-refractivity contribution in [3.8, 4) is 0 Å². The number of benzene rings is 2. The second-order valence-electron chi connectivity index (χ2n) is 7.46. The molecule has 3 heterocycles. The number of aromatic nitrogens is 3. The van der Waals surface area contributed by atoms with Gasteiger partial charge < -0.3 is 10.2 Å². The number of carbonyl (C=O) groups is 1. The molecule has 0 saturated carbocycles. The fourth-order valence-electron chi connectivity index (χ4n) is 3.61. The minimum Gasteiger partial charge on any atom is -0.351 e. The zero-order valence-electron chi connectivity index (χ0n) is 17.1. The van der Waals surface area contributed by atoms with E-state index in [1.54, 1.807) is 23.5 Å². The minimum atomic E-state index is -0.291. The molecule has 32 heavy (non-hydrogen) atoms. The molecule has 0 saturated heterocycles. The molecule has 162 valence electrons. The predicted octanol–water partition coefficient (Wildman–Crippen LogP) is 4.20. The number of amides is 1. The standard InChI is InChI=1S/C23H20FN5OS2/c24-18-7-5-15(6-8-18)11-25-19(30)13-31-22-20-21(26-14-27-22)28-23(32-20)29-10-9-16-3-1-2-4-17(16)12-29/h1-8,14H,9-13H2,(H,25,30). The van der Waals surface area contributed by atoms with Crippen molar-refractivity contribution in [1.29, 1.82) is 0 Å². The number of nitrogens with one attached hydrogen (secondary N) is 1. The zero-order chi connectivity index (χ0) is 21.9. The van der Waals surface area contributed by atoms with E-state index < -0.39 is 0 Å². The molecule has 0 radical (unpaired) electrons. The van der Waals surface area contributed by atoms with Crippen LogP contribution in [0.2, 0.25) is 0 Å². The number of fused-ring (bicyclic) bond motifs is 2. The fraction of sp³-hybridized carbons (Fsp3) is 0.217. The van der Waals surface area contributed by atoms with Crippen LogP contribution in [0.3, 0.4) is 0 Å². The molecule has 1 aliphatic rings. The molecule has 6 nitrogen and oxygen atoms in total. The normalized spacial score (nSPS) is 13.2. The first-order chi connectivity index (χ1) is 15.7. The van der Waals surface area contributed by atoms with Crippen molar-refractivity contribution in [2.45, 2.75) is 24.5 Å². The van der Waals surface area contributed by atoms with Gasteiger partial charge in [0.05, 0.1) is 5.75 Å². The van der Waals surface area contributed by atoms with Crippen LogP contribution in [0.4, 0.5) is 9.52 Å². The maximum absolute atomic E-state index is 13.0. The van der Waals surface area contributed by atoms with Gasteiger partial charge in [-0.2, -0.15) is 4.98 Å². The molecule has 2 aromatic carbocycles. The molecule has 1 N–H and O–H groups in total. The van der Waals surface area contributed by atoms with Crippen LogP contribution >= 0.6 is 23.1 Å². The molecular weight excluding hydrogens is 445 g/mol. The van der Waals surface area contributed by atoms with E-state index in [1.807, 2.05) is 0 Å². The Morgan fingerprint density at radius 3 is 2.78 bits per heavy atom. The average Bonchev–Trinajstić information content (AvgIpc) is 3.27. The van der Waals surface area contributed by atoms with Crippen molar-refractivity contribution in [1.82, 2.24) is 20.3 Å². The lowest BCUT2D eigenvalue weighted by Gasteiger charge is -2.28. The van der Waals surface area contributed by atoms with Gasteiger partial charge >= 0.3 is 0 Å². The second-order valence-corrected chi connectivity index (χ2v) is 9.40. The van der Waals surface area contributed by atoms with Gasteiger partial charge in [-0.1, -0.05) is 59.5 Å². The van der Waals surface area contributed by atoms with Crippen molar-refractivity contribution in [2.75, 3.05) is 17.2 Å². The number of thioether (sulfide) groups is 1. The molecule has 0 aliphatic carbocycles. The second kappa shape index (κ2) is 9.22. The summed E-state index contributed by atoms with van der Waals surface area (Å²) < 4.78 is 13.9. The van der Waals surface area contributed by atoms with Gasteiger partial charge in [0.1, 0.15) is 21.9 Å². The Labute approximate surface area is 192 Å². The van der Waals surface area contributed by atoms with E-state index in [0.717, 1.165) is 39.9 Å². The van der Waals surface area contributed by atoms with Gasteiger partial charge in [-0.25, -0.2) is 14.4 Å². The molecule has 2 aromatic heterocycles. The highest BCUT2D eigenvalue weighted by Crippen LogP contribution is 2.35. The number of nitrogens with zero attached hydrogens (tertiary/aromatic N) is 4. The van der Waals surface area contributed by atoms with Crippen molar-refractivity contribution in [3.63, 3.8) is 0 Å². The molecule has 0 spiro atoms. The van der Waals surface area contributed by atoms with Crippen LogP contribution in [-0.2, 0) is 24.3 Å². The summed E-state index contributed by atoms with van der Waals surface area (Å²) in [5, 5.41) is 4.54. The number of hydrogen-bond acceptors (Lipinski definition) is 7. The third-order valence-electron chi connectivity index (χ3n) is 5.29. The molecule has 1 aliphatic heterocycles. The smallest absolute Gasteiger partial charge is 0.230 e. The van der Waals surface area contributed by atoms with Crippen LogP contribution in [0.5, 0.6) is 0 Å². The highest BCUT2D eigenvalue weighted by Gasteiger charge is 2.21. The Balaban J connectivity index is 1.24. The van der Waals surface area contributed by atoms with E-state index in [-0.39, 0.29) is 17.5 Å². The molecule has 0 atom stereocenters. The number of halogens is 1. The van der Waals surface area contributed by atoms with Crippen LogP contribution in [0.1, 0.15) is 16.7 Å². The first-order valence-corrected chi connectivity index (χ1v) is 12.0. The quantitative estimate of drug-likeness (QED) is 0.340. The van der Waals surface area contributed by atoms with Crippen LogP contribution in [-0.4, -0.2) is 33.2 Å². The number of hydrogen-bond donors (Lipinski definition) is 1. The summed E-state index contributed by atoms with van der Waals surface area (Å²) in [6, 6.07) is 14.6. The van der Waals surface area contributed by atoms with E-state index in [2.05, 4.69) is 44.5 Å². The summed E-state index contributed by atoms with van der Waals surface area (Å²) in [5.74, 6) is -0.165. The summed E-state index contributed by atoms with van der Waals surface area (Å²) in [7, 11) is 0. The Kier molecular flexibility index (Phi) is 6.00. The van der Waals surface area contributed by atoms with Crippen LogP contribution in [0, 0.1) is 5.82 Å². The molecule has 0 unspecified atom stereocenters. The van der Waals surface area contributed by atoms with Gasteiger partial charge in [-0.05, 0) is 35.2 Å². The van der Waals surface area contributed by atoms with Gasteiger partial charge in [-0.15, -0.1) is 0 Å². The van der Waals surface area contributed by atoms with Gasteiger partial charge in [0, 0.05) is 19.6 Å². The third kappa shape index (κ3) is 4.58. The molecular formula is C23H20FN5OS2. The molecule has 4 aromatic rings. The first kappa shape index (κ1) is 20.8. The van der Waals surface area contributed by atoms with Crippen LogP contribution in [0.25, 0.3) is 10.3 Å². The summed E-state index contributed by atoms with van der Waals surface area (Å²) >= 11 is 2.94. The average molecular weight is 466 g/mol. The monoisotopic (exact) mass is 465 g/mol. The molecule has 0 bridgehead atoms. The third-order valence-corrected chi connectivity index (χ3v) is 7.52. The number of anilines is 1. The largest absolute Gasteiger partial charge is 0.351 e. The van der Waals surface area contributed by atoms with E-state index in [4.69, 9.17) is 4.98 Å². The van der Waals surface area contributed by atoms with Gasteiger partial charge in [0.25, 0.3) is 0 Å². The first-order valence-electron chi connectivity index (χ1n) is 10.2. The fourth-order valence-corrected chi connectivity index (χ4v) is 5.55. The van der Waals surface area contributed by atoms with E-state index >= 15 is 0 Å². The lowest BCUT2D eigenvalue weighted by Crippen LogP contribution is -2.30. The van der Waals surface area contributed by atoms with Crippen molar-refractivity contribution >= 4 is 44.5 Å². The van der Waals surface area contributed by atoms with Crippen molar-refractivity contribution in [3.05, 3.63) is 77.4 Å². The van der Waals surface area contributed by atoms with Gasteiger partial charge in [0.15, 0.2) is 10.8 Å². The Bertz CT molecular complexity index is 1260. The summed E-state index contributed by atoms with van der Waals surface area (Å²) in [5.41, 5.74) is 4.24. The summed E-state index contributed by atoms with van der Waals surface area (Å²) in [6.45, 7) is 2.11. The molecule has 5 rings (SSSR count). The van der Waals surface area contributed by atoms with Crippen molar-refractivity contribution < 1.29 is 9.18 Å². The zero-order valence-corrected chi connectivity index (χ0v) is 18.8. The van der Waals surface area contributed by atoms with Gasteiger partial charge in [-0.3, -0.25) is 4.79 Å². The topological polar surface area (TPSA) is 71.0 Å². The maximum Gasteiger partial charge on any atom is 0.230 e. The predicted molar refractivity (Wildman–Crippen MR) is 125 cm³/mol. The van der Waals surface area contributed by atoms with Crippen LogP contribution < -0.4 is 10.2 Å². The maximum atomic E-state index is 13.0. The molecule has 1 amide bonds. The minimum absolute atomic E-state index is 0.108. The highest BCUT2D eigenvalue weighted by atomic mass is 32.2. The van der Waals surface area contributed by atoms with Gasteiger partial charge in [0.2, 0.25) is 5.91 Å². The lowest BCUT2D eigenvalue weighted by atomic mass is 10.0. The van der Waals surface area contributed by atoms with Crippen LogP contribution in [0.15, 0.2) is 59.9 Å². The Morgan fingerprint density at radius 1 is 1.12 bits per heavy atom. The molecule has 0 fully saturated rings. The molecule has 9 heteroatoms. The highest BCUT2D eigenvalue weighted by molar-refractivity contribution is 8.00. The lowest BCUT2D eigenvalue weighted by molar-refractivity contribution is -0.118. The Hall–Kier alpha value is -3.04. The Morgan fingerprint density at radius 2 is 1.94 bits per heavy atom. The SMILES string of the molecule is O=C(CSc1ncnc2nc(N3CCc4ccccc4C3)sc12)NCc1ccc(F)cc1. The van der Waals surface area contributed by atoms with E-state index in [9.17, 15) is 9.18 Å². The van der Waals surface area contributed by atoms with Crippen molar-refractivity contribution in [2.24, 2.45) is 0 Å². The van der Waals surface area contributed by atoms with E-state index in [1.165, 1.54) is 41.3 Å². The number of rotatable bonds is 6.